The van der Waals surface area contributed by atoms with Gasteiger partial charge in [-0.2, -0.15) is 0 Å². The minimum absolute atomic E-state index is 0.719. The third kappa shape index (κ3) is 3.69. The van der Waals surface area contributed by atoms with Crippen LogP contribution in [0, 0.1) is 5.92 Å². The number of likely N-dealkylation sites (tertiary alicyclic amines) is 1. The zero-order valence-corrected chi connectivity index (χ0v) is 12.7. The lowest BCUT2D eigenvalue weighted by Gasteiger charge is -2.49. The Labute approximate surface area is 113 Å². The Morgan fingerprint density at radius 1 is 0.944 bits per heavy atom. The molecule has 0 aromatic heterocycles. The van der Waals surface area contributed by atoms with E-state index in [1.54, 1.807) is 0 Å². The van der Waals surface area contributed by atoms with Crippen molar-refractivity contribution in [3.63, 3.8) is 0 Å². The van der Waals surface area contributed by atoms with E-state index in [-0.39, 0.29) is 0 Å². The number of rotatable bonds is 5. The zero-order chi connectivity index (χ0) is 13.1. The van der Waals surface area contributed by atoms with E-state index in [2.05, 4.69) is 42.4 Å². The van der Waals surface area contributed by atoms with Crippen LogP contribution in [0.5, 0.6) is 0 Å². The van der Waals surface area contributed by atoms with Crippen LogP contribution >= 0.6 is 0 Å². The molecule has 2 rings (SSSR count). The number of hydrogen-bond donors (Lipinski definition) is 0. The number of piperazine rings is 1. The third-order valence-electron chi connectivity index (χ3n) is 4.56. The predicted octanol–water partition coefficient (Wildman–Crippen LogP) is 1.74. The van der Waals surface area contributed by atoms with Gasteiger partial charge in [0.25, 0.3) is 0 Å². The van der Waals surface area contributed by atoms with Gasteiger partial charge in [-0.05, 0) is 32.7 Å². The van der Waals surface area contributed by atoms with Crippen LogP contribution in [0.1, 0.15) is 34.1 Å². The Morgan fingerprint density at radius 3 is 2.06 bits per heavy atom. The second-order valence-electron chi connectivity index (χ2n) is 6.76. The smallest absolute Gasteiger partial charge is 0.0351 e. The first kappa shape index (κ1) is 14.3. The monoisotopic (exact) mass is 253 g/mol. The second-order valence-corrected chi connectivity index (χ2v) is 6.76. The lowest BCUT2D eigenvalue weighted by molar-refractivity contribution is -0.00198. The Balaban J connectivity index is 1.62. The summed E-state index contributed by atoms with van der Waals surface area (Å²) in [7, 11) is 0. The molecule has 3 heteroatoms. The first-order chi connectivity index (χ1) is 8.56. The molecule has 2 saturated heterocycles. The summed E-state index contributed by atoms with van der Waals surface area (Å²) in [4.78, 5) is 7.94. The minimum atomic E-state index is 0.719. The van der Waals surface area contributed by atoms with Gasteiger partial charge in [-0.3, -0.25) is 9.80 Å². The van der Waals surface area contributed by atoms with Gasteiger partial charge in [-0.25, -0.2) is 0 Å². The van der Waals surface area contributed by atoms with Crippen molar-refractivity contribution in [2.75, 3.05) is 45.8 Å². The van der Waals surface area contributed by atoms with Crippen molar-refractivity contribution in [2.45, 2.75) is 46.2 Å². The van der Waals surface area contributed by atoms with Crippen molar-refractivity contribution in [3.05, 3.63) is 0 Å². The van der Waals surface area contributed by atoms with Crippen LogP contribution in [0.15, 0.2) is 0 Å². The molecule has 18 heavy (non-hydrogen) atoms. The highest BCUT2D eigenvalue weighted by Crippen LogP contribution is 2.18. The van der Waals surface area contributed by atoms with E-state index in [0.29, 0.717) is 0 Å². The van der Waals surface area contributed by atoms with Crippen LogP contribution in [0.2, 0.25) is 0 Å². The van der Waals surface area contributed by atoms with Crippen molar-refractivity contribution < 1.29 is 0 Å². The van der Waals surface area contributed by atoms with Crippen LogP contribution in [0.25, 0.3) is 0 Å². The number of nitrogens with zero attached hydrogens (tertiary/aromatic N) is 3. The van der Waals surface area contributed by atoms with Gasteiger partial charge in [-0.15, -0.1) is 0 Å². The van der Waals surface area contributed by atoms with E-state index in [9.17, 15) is 0 Å². The highest BCUT2D eigenvalue weighted by Gasteiger charge is 2.33. The van der Waals surface area contributed by atoms with E-state index >= 15 is 0 Å². The molecule has 2 heterocycles. The van der Waals surface area contributed by atoms with Gasteiger partial charge in [0.2, 0.25) is 0 Å². The minimum Gasteiger partial charge on any atom is -0.300 e. The standard InChI is InChI=1S/C15H31N3/c1-13(2)5-6-16-11-15(12-16)18-9-7-17(8-10-18)14(3)4/h13-15H,5-12H2,1-4H3. The van der Waals surface area contributed by atoms with Crippen molar-refractivity contribution in [3.8, 4) is 0 Å². The van der Waals surface area contributed by atoms with Crippen LogP contribution in [-0.4, -0.2) is 72.6 Å². The van der Waals surface area contributed by atoms with Crippen molar-refractivity contribution >= 4 is 0 Å². The van der Waals surface area contributed by atoms with Gasteiger partial charge in [-0.1, -0.05) is 13.8 Å². The first-order valence-electron chi connectivity index (χ1n) is 7.76. The molecule has 0 amide bonds. The molecule has 0 atom stereocenters. The molecule has 0 unspecified atom stereocenters. The first-order valence-corrected chi connectivity index (χ1v) is 7.76. The maximum Gasteiger partial charge on any atom is 0.0351 e. The van der Waals surface area contributed by atoms with Crippen LogP contribution in [0.3, 0.4) is 0 Å². The average molecular weight is 253 g/mol. The number of hydrogen-bond acceptors (Lipinski definition) is 3. The normalized spacial score (nSPS) is 25.0. The molecule has 0 spiro atoms. The Kier molecular flexibility index (Phi) is 5.05. The van der Waals surface area contributed by atoms with Crippen LogP contribution in [-0.2, 0) is 0 Å². The van der Waals surface area contributed by atoms with Gasteiger partial charge in [0.15, 0.2) is 0 Å². The molecule has 106 valence electrons. The van der Waals surface area contributed by atoms with E-state index < -0.39 is 0 Å². The lowest BCUT2D eigenvalue weighted by atomic mass is 10.0. The zero-order valence-electron chi connectivity index (χ0n) is 12.7. The molecular formula is C15H31N3. The summed E-state index contributed by atoms with van der Waals surface area (Å²) < 4.78 is 0. The molecule has 0 saturated carbocycles. The summed E-state index contributed by atoms with van der Waals surface area (Å²) >= 11 is 0. The predicted molar refractivity (Wildman–Crippen MR) is 78.0 cm³/mol. The molecule has 2 aliphatic rings. The van der Waals surface area contributed by atoms with E-state index in [1.807, 2.05) is 0 Å². The van der Waals surface area contributed by atoms with E-state index in [4.69, 9.17) is 0 Å². The Hall–Kier alpha value is -0.120. The van der Waals surface area contributed by atoms with Gasteiger partial charge in [0, 0.05) is 51.4 Å². The largest absolute Gasteiger partial charge is 0.300 e. The van der Waals surface area contributed by atoms with Gasteiger partial charge in [0.1, 0.15) is 0 Å². The van der Waals surface area contributed by atoms with Crippen molar-refractivity contribution in [1.29, 1.82) is 0 Å². The molecule has 0 aromatic rings. The molecule has 0 aliphatic carbocycles. The van der Waals surface area contributed by atoms with Crippen LogP contribution in [0.4, 0.5) is 0 Å². The molecule has 0 N–H and O–H groups in total. The lowest BCUT2D eigenvalue weighted by Crippen LogP contribution is -2.63. The average Bonchev–Trinajstić information content (AvgIpc) is 2.27. The highest BCUT2D eigenvalue weighted by molar-refractivity contribution is 4.90. The van der Waals surface area contributed by atoms with Crippen molar-refractivity contribution in [2.24, 2.45) is 5.92 Å². The molecule has 3 nitrogen and oxygen atoms in total. The quantitative estimate of drug-likeness (QED) is 0.739. The van der Waals surface area contributed by atoms with Crippen LogP contribution < -0.4 is 0 Å². The summed E-state index contributed by atoms with van der Waals surface area (Å²) in [6.45, 7) is 18.3. The van der Waals surface area contributed by atoms with Crippen molar-refractivity contribution in [1.82, 2.24) is 14.7 Å². The topological polar surface area (TPSA) is 9.72 Å². The fourth-order valence-corrected chi connectivity index (χ4v) is 3.02. The molecule has 0 radical (unpaired) electrons. The maximum absolute atomic E-state index is 2.71. The van der Waals surface area contributed by atoms with Gasteiger partial charge in [0.05, 0.1) is 0 Å². The molecular weight excluding hydrogens is 222 g/mol. The van der Waals surface area contributed by atoms with E-state index in [0.717, 1.165) is 18.0 Å². The fourth-order valence-electron chi connectivity index (χ4n) is 3.02. The SMILES string of the molecule is CC(C)CCN1CC(N2CCN(C(C)C)CC2)C1. The second kappa shape index (κ2) is 6.36. The third-order valence-corrected chi connectivity index (χ3v) is 4.56. The summed E-state index contributed by atoms with van der Waals surface area (Å²) in [5.74, 6) is 0.846. The fraction of sp³-hybridized carbons (Fsp3) is 1.00. The van der Waals surface area contributed by atoms with E-state index in [1.165, 1.54) is 52.2 Å². The molecule has 0 aromatic carbocycles. The summed E-state index contributed by atoms with van der Waals surface area (Å²) in [5.41, 5.74) is 0. The Morgan fingerprint density at radius 2 is 1.56 bits per heavy atom. The summed E-state index contributed by atoms with van der Waals surface area (Å²) in [6, 6.07) is 1.57. The molecule has 2 aliphatic heterocycles. The summed E-state index contributed by atoms with van der Waals surface area (Å²) in [5, 5.41) is 0. The van der Waals surface area contributed by atoms with Gasteiger partial charge < -0.3 is 4.90 Å². The maximum atomic E-state index is 2.71. The van der Waals surface area contributed by atoms with Gasteiger partial charge >= 0.3 is 0 Å². The molecule has 0 bridgehead atoms. The highest BCUT2D eigenvalue weighted by atomic mass is 15.3. The molecule has 2 fully saturated rings. The Bertz CT molecular complexity index is 238. The summed E-state index contributed by atoms with van der Waals surface area (Å²) in [6.07, 6.45) is 1.36.